The molecular formula is C27H31N5O4S. The first-order chi connectivity index (χ1) is 17.6. The summed E-state index contributed by atoms with van der Waals surface area (Å²) in [5.74, 6) is 0.642. The number of benzene rings is 2. The van der Waals surface area contributed by atoms with Crippen molar-refractivity contribution in [3.63, 3.8) is 0 Å². The summed E-state index contributed by atoms with van der Waals surface area (Å²) in [6.07, 6.45) is 4.26. The number of hydrogen-bond acceptors (Lipinski definition) is 5. The quantitative estimate of drug-likeness (QED) is 0.363. The van der Waals surface area contributed by atoms with Crippen LogP contribution in [0, 0.1) is 0 Å². The van der Waals surface area contributed by atoms with Gasteiger partial charge in [0.25, 0.3) is 5.56 Å². The smallest absolute Gasteiger partial charge is 0.277 e. The van der Waals surface area contributed by atoms with Crippen LogP contribution in [-0.2, 0) is 34.3 Å². The van der Waals surface area contributed by atoms with Crippen LogP contribution in [0.5, 0.6) is 0 Å². The van der Waals surface area contributed by atoms with E-state index in [-0.39, 0.29) is 22.9 Å². The van der Waals surface area contributed by atoms with E-state index in [1.807, 2.05) is 28.8 Å². The van der Waals surface area contributed by atoms with Crippen LogP contribution in [0.1, 0.15) is 31.2 Å². The Labute approximate surface area is 216 Å². The Morgan fingerprint density at radius 1 is 1.05 bits per heavy atom. The van der Waals surface area contributed by atoms with Gasteiger partial charge in [0.15, 0.2) is 0 Å². The van der Waals surface area contributed by atoms with E-state index >= 15 is 0 Å². The third-order valence-electron chi connectivity index (χ3n) is 6.31. The van der Waals surface area contributed by atoms with Crippen molar-refractivity contribution in [1.29, 1.82) is 0 Å². The van der Waals surface area contributed by atoms with Crippen molar-refractivity contribution in [2.24, 2.45) is 5.14 Å². The summed E-state index contributed by atoms with van der Waals surface area (Å²) in [5, 5.41) is 5.40. The number of sulfonamides is 1. The van der Waals surface area contributed by atoms with Crippen molar-refractivity contribution in [2.75, 3.05) is 14.1 Å². The summed E-state index contributed by atoms with van der Waals surface area (Å²) in [7, 11) is -0.558. The van der Waals surface area contributed by atoms with Crippen molar-refractivity contribution < 1.29 is 13.2 Å². The summed E-state index contributed by atoms with van der Waals surface area (Å²) in [5.41, 5.74) is 2.98. The number of nitrogens with zero attached hydrogens (tertiary/aromatic N) is 4. The molecule has 2 aromatic heterocycles. The van der Waals surface area contributed by atoms with Crippen LogP contribution in [0.15, 0.2) is 70.5 Å². The van der Waals surface area contributed by atoms with Gasteiger partial charge in [0.2, 0.25) is 15.9 Å². The Kier molecular flexibility index (Phi) is 7.60. The topological polar surface area (TPSA) is 120 Å². The molecule has 0 aliphatic carbocycles. The molecular weight excluding hydrogens is 490 g/mol. The van der Waals surface area contributed by atoms with Crippen LogP contribution < -0.4 is 10.7 Å². The molecule has 4 aromatic rings. The summed E-state index contributed by atoms with van der Waals surface area (Å²) in [6.45, 7) is 2.47. The highest BCUT2D eigenvalue weighted by Gasteiger charge is 2.18. The van der Waals surface area contributed by atoms with Crippen LogP contribution in [0.3, 0.4) is 0 Å². The number of unbranched alkanes of at least 4 members (excludes halogenated alkanes) is 1. The average molecular weight is 522 g/mol. The van der Waals surface area contributed by atoms with Crippen molar-refractivity contribution in [1.82, 2.24) is 19.0 Å². The molecule has 9 nitrogen and oxygen atoms in total. The van der Waals surface area contributed by atoms with Gasteiger partial charge in [0.05, 0.1) is 10.4 Å². The zero-order chi connectivity index (χ0) is 26.7. The highest BCUT2D eigenvalue weighted by molar-refractivity contribution is 7.89. The molecule has 0 fully saturated rings. The zero-order valence-corrected chi connectivity index (χ0v) is 22.0. The molecule has 0 aliphatic heterocycles. The summed E-state index contributed by atoms with van der Waals surface area (Å²) in [6, 6.07) is 15.9. The van der Waals surface area contributed by atoms with Gasteiger partial charge in [-0.25, -0.2) is 18.5 Å². The van der Waals surface area contributed by atoms with E-state index in [2.05, 4.69) is 6.92 Å². The van der Waals surface area contributed by atoms with Gasteiger partial charge in [-0.15, -0.1) is 0 Å². The van der Waals surface area contributed by atoms with Gasteiger partial charge in [-0.05, 0) is 29.7 Å². The molecule has 0 spiro atoms. The number of likely N-dealkylation sites (N-methyl/N-ethyl adjacent to an activating group) is 1. The minimum absolute atomic E-state index is 0.0462. The van der Waals surface area contributed by atoms with Crippen LogP contribution >= 0.6 is 0 Å². The Morgan fingerprint density at radius 3 is 2.41 bits per heavy atom. The van der Waals surface area contributed by atoms with Crippen LogP contribution in [-0.4, -0.2) is 47.4 Å². The number of carbonyl (C=O) groups is 1. The lowest BCUT2D eigenvalue weighted by molar-refractivity contribution is -0.129. The van der Waals surface area contributed by atoms with Gasteiger partial charge >= 0.3 is 0 Å². The monoisotopic (exact) mass is 521 g/mol. The molecule has 0 saturated carbocycles. The first-order valence-corrected chi connectivity index (χ1v) is 13.6. The maximum Gasteiger partial charge on any atom is 0.277 e. The predicted molar refractivity (Wildman–Crippen MR) is 144 cm³/mol. The van der Waals surface area contributed by atoms with E-state index in [1.165, 1.54) is 15.5 Å². The maximum absolute atomic E-state index is 13.4. The second-order valence-corrected chi connectivity index (χ2v) is 10.8. The van der Waals surface area contributed by atoms with Gasteiger partial charge in [-0.3, -0.25) is 9.59 Å². The van der Waals surface area contributed by atoms with E-state index in [1.54, 1.807) is 44.6 Å². The Morgan fingerprint density at radius 2 is 1.76 bits per heavy atom. The highest BCUT2D eigenvalue weighted by Crippen LogP contribution is 2.27. The van der Waals surface area contributed by atoms with Gasteiger partial charge < -0.3 is 14.0 Å². The lowest BCUT2D eigenvalue weighted by Gasteiger charge is -2.13. The normalized spacial score (nSPS) is 11.7. The summed E-state index contributed by atoms with van der Waals surface area (Å²) in [4.78, 5) is 31.9. The van der Waals surface area contributed by atoms with Gasteiger partial charge in [0.1, 0.15) is 17.9 Å². The number of aryl methyl sites for hydroxylation is 1. The number of imidazole rings is 1. The molecule has 0 aliphatic rings. The maximum atomic E-state index is 13.4. The predicted octanol–water partition coefficient (Wildman–Crippen LogP) is 2.99. The molecule has 2 heterocycles. The second kappa shape index (κ2) is 10.7. The fraction of sp³-hybridized carbons (Fsp3) is 0.296. The first-order valence-electron chi connectivity index (χ1n) is 12.1. The Balaban J connectivity index is 1.74. The minimum atomic E-state index is -3.87. The lowest BCUT2D eigenvalue weighted by Crippen LogP contribution is -2.31. The fourth-order valence-corrected chi connectivity index (χ4v) is 5.02. The Hall–Kier alpha value is -3.76. The van der Waals surface area contributed by atoms with E-state index in [0.29, 0.717) is 23.1 Å². The largest absolute Gasteiger partial charge is 0.347 e. The van der Waals surface area contributed by atoms with E-state index in [9.17, 15) is 18.0 Å². The van der Waals surface area contributed by atoms with E-state index in [0.717, 1.165) is 36.2 Å². The Bertz CT molecular complexity index is 1600. The lowest BCUT2D eigenvalue weighted by atomic mass is 10.0. The molecule has 4 rings (SSSR count). The average Bonchev–Trinajstić information content (AvgIpc) is 3.22. The number of nitrogens with two attached hydrogens (primary N) is 1. The second-order valence-electron chi connectivity index (χ2n) is 9.23. The molecule has 0 atom stereocenters. The molecule has 0 radical (unpaired) electrons. The third kappa shape index (κ3) is 5.65. The fourth-order valence-electron chi connectivity index (χ4n) is 4.26. The molecule has 194 valence electrons. The number of fused-ring (bicyclic) bond motifs is 1. The van der Waals surface area contributed by atoms with Gasteiger partial charge in [0, 0.05) is 38.8 Å². The number of carbonyl (C=O) groups excluding carboxylic acids is 1. The summed E-state index contributed by atoms with van der Waals surface area (Å²) >= 11 is 0. The standard InChI is InChI=1S/C27H31N5O4S/c1-4-5-10-24-29-22-15-16-31(18-25(33)30(2)3)27(34)26(22)32(24)17-19-11-13-20(14-12-19)21-8-6-7-9-23(21)37(28,35)36/h6-9,11-16H,4-5,10,17-18H2,1-3H3,(H2,28,35,36). The number of primary sulfonamides is 1. The number of amides is 1. The zero-order valence-electron chi connectivity index (χ0n) is 21.2. The number of pyridine rings is 1. The number of rotatable bonds is 9. The van der Waals surface area contributed by atoms with Crippen LogP contribution in [0.2, 0.25) is 0 Å². The van der Waals surface area contributed by atoms with E-state index < -0.39 is 10.0 Å². The van der Waals surface area contributed by atoms with Gasteiger partial charge in [-0.2, -0.15) is 0 Å². The van der Waals surface area contributed by atoms with Crippen molar-refractivity contribution in [3.05, 3.63) is 82.5 Å². The molecule has 10 heteroatoms. The van der Waals surface area contributed by atoms with Crippen molar-refractivity contribution >= 4 is 27.0 Å². The summed E-state index contributed by atoms with van der Waals surface area (Å²) < 4.78 is 27.4. The van der Waals surface area contributed by atoms with E-state index in [4.69, 9.17) is 10.1 Å². The molecule has 0 unspecified atom stereocenters. The SMILES string of the molecule is CCCCc1nc2ccn(CC(=O)N(C)C)c(=O)c2n1Cc1ccc(-c2ccccc2S(N)(=O)=O)cc1. The highest BCUT2D eigenvalue weighted by atomic mass is 32.2. The molecule has 1 amide bonds. The number of hydrogen-bond donors (Lipinski definition) is 1. The number of aromatic nitrogens is 3. The van der Waals surface area contributed by atoms with Crippen LogP contribution in [0.4, 0.5) is 0 Å². The molecule has 2 N–H and O–H groups in total. The van der Waals surface area contributed by atoms with Crippen molar-refractivity contribution in [2.45, 2.75) is 44.2 Å². The molecule has 2 aromatic carbocycles. The molecule has 37 heavy (non-hydrogen) atoms. The minimum Gasteiger partial charge on any atom is -0.347 e. The molecule has 0 saturated heterocycles. The first kappa shape index (κ1) is 26.3. The third-order valence-corrected chi connectivity index (χ3v) is 7.28. The van der Waals surface area contributed by atoms with Gasteiger partial charge in [-0.1, -0.05) is 55.8 Å². The molecule has 0 bridgehead atoms. The van der Waals surface area contributed by atoms with Crippen LogP contribution in [0.25, 0.3) is 22.2 Å². The van der Waals surface area contributed by atoms with Crippen molar-refractivity contribution in [3.8, 4) is 11.1 Å².